The maximum Gasteiger partial charge on any atom is 0.258 e. The highest BCUT2D eigenvalue weighted by Crippen LogP contribution is 2.39. The topological polar surface area (TPSA) is 78.8 Å². The molecule has 41 heavy (non-hydrogen) atoms. The van der Waals surface area contributed by atoms with E-state index in [-0.39, 0.29) is 17.4 Å². The number of carbonyl (C=O) groups excluding carboxylic acids is 2. The van der Waals surface area contributed by atoms with Crippen LogP contribution in [0.1, 0.15) is 41.9 Å². The van der Waals surface area contributed by atoms with Crippen molar-refractivity contribution in [1.29, 1.82) is 0 Å². The molecule has 214 valence electrons. The number of hydrogen-bond donors (Lipinski definition) is 0. The maximum absolute atomic E-state index is 13.3. The van der Waals surface area contributed by atoms with Crippen molar-refractivity contribution >= 4 is 45.3 Å². The first-order valence-corrected chi connectivity index (χ1v) is 14.8. The van der Waals surface area contributed by atoms with Crippen molar-refractivity contribution in [1.82, 2.24) is 14.5 Å². The van der Waals surface area contributed by atoms with Crippen molar-refractivity contribution in [3.63, 3.8) is 0 Å². The van der Waals surface area contributed by atoms with Gasteiger partial charge in [-0.1, -0.05) is 24.3 Å². The van der Waals surface area contributed by atoms with Gasteiger partial charge in [0.15, 0.2) is 0 Å². The zero-order valence-electron chi connectivity index (χ0n) is 24.6. The lowest BCUT2D eigenvalue weighted by molar-refractivity contribution is -0.137. The van der Waals surface area contributed by atoms with Gasteiger partial charge in [0, 0.05) is 49.7 Å². The fraction of sp³-hybridized carbons (Fsp3) is 0.375. The van der Waals surface area contributed by atoms with Crippen molar-refractivity contribution in [3.8, 4) is 0 Å². The minimum absolute atomic E-state index is 0.00101. The zero-order chi connectivity index (χ0) is 29.5. The first-order valence-electron chi connectivity index (χ1n) is 14.0. The molecule has 0 atom stereocenters. The van der Waals surface area contributed by atoms with E-state index in [4.69, 9.17) is 4.98 Å². The summed E-state index contributed by atoms with van der Waals surface area (Å²) in [4.78, 5) is 51.3. The highest BCUT2D eigenvalue weighted by molar-refractivity contribution is 7.11. The Labute approximate surface area is 244 Å². The van der Waals surface area contributed by atoms with Gasteiger partial charge in [-0.05, 0) is 69.8 Å². The lowest BCUT2D eigenvalue weighted by Gasteiger charge is -2.27. The van der Waals surface area contributed by atoms with Crippen LogP contribution in [0.5, 0.6) is 0 Å². The van der Waals surface area contributed by atoms with Crippen molar-refractivity contribution in [3.05, 3.63) is 86.2 Å². The minimum Gasteiger partial charge on any atom is -0.314 e. The third kappa shape index (κ3) is 5.44. The molecule has 0 unspecified atom stereocenters. The van der Waals surface area contributed by atoms with Crippen LogP contribution in [0.3, 0.4) is 0 Å². The second-order valence-corrected chi connectivity index (χ2v) is 12.5. The predicted molar refractivity (Wildman–Crippen MR) is 166 cm³/mol. The highest BCUT2D eigenvalue weighted by atomic mass is 32.1. The molecule has 2 aromatic carbocycles. The molecular formula is C32H37N5O3S. The summed E-state index contributed by atoms with van der Waals surface area (Å²) >= 11 is 1.69. The van der Waals surface area contributed by atoms with E-state index in [1.165, 1.54) is 4.88 Å². The Balaban J connectivity index is 1.46. The smallest absolute Gasteiger partial charge is 0.258 e. The van der Waals surface area contributed by atoms with Gasteiger partial charge in [-0.25, -0.2) is 4.98 Å². The van der Waals surface area contributed by atoms with Crippen LogP contribution in [0.2, 0.25) is 0 Å². The van der Waals surface area contributed by atoms with Gasteiger partial charge < -0.3 is 14.4 Å². The van der Waals surface area contributed by atoms with Gasteiger partial charge >= 0.3 is 0 Å². The van der Waals surface area contributed by atoms with E-state index in [9.17, 15) is 14.4 Å². The van der Waals surface area contributed by atoms with Crippen LogP contribution in [-0.4, -0.2) is 46.4 Å². The number of carbonyl (C=O) groups is 2. The summed E-state index contributed by atoms with van der Waals surface area (Å²) < 4.78 is 1.77. The first-order chi connectivity index (χ1) is 19.5. The summed E-state index contributed by atoms with van der Waals surface area (Å²) in [6.45, 7) is 12.3. The van der Waals surface area contributed by atoms with Gasteiger partial charge in [-0.15, -0.1) is 11.3 Å². The van der Waals surface area contributed by atoms with Crippen LogP contribution >= 0.6 is 11.3 Å². The molecule has 2 amide bonds. The van der Waals surface area contributed by atoms with Crippen LogP contribution in [0, 0.1) is 19.3 Å². The Hall–Kier alpha value is -3.82. The number of nitrogens with zero attached hydrogens (tertiary/aromatic N) is 5. The van der Waals surface area contributed by atoms with Gasteiger partial charge in [0.1, 0.15) is 10.4 Å². The maximum atomic E-state index is 13.3. The number of pyridine rings is 1. The monoisotopic (exact) mass is 571 g/mol. The van der Waals surface area contributed by atoms with Crippen LogP contribution in [0.25, 0.3) is 10.8 Å². The standard InChI is InChI=1S/C32H37N5O3S/c1-7-37-26-13-12-23(18-27(26)34(6)30(39)32(4,5)31(37)40)19-35(20-28-33-21(2)22(3)41-28)16-17-36-15-14-24-10-8-9-11-25(24)29(36)38/h8-15,18H,7,16-17,19-20H2,1-6H3. The van der Waals surface area contributed by atoms with E-state index in [0.717, 1.165) is 33.0 Å². The predicted octanol–water partition coefficient (Wildman–Crippen LogP) is 5.13. The lowest BCUT2D eigenvalue weighted by atomic mass is 9.90. The number of amides is 2. The summed E-state index contributed by atoms with van der Waals surface area (Å²) in [5.74, 6) is -0.418. The number of anilines is 2. The molecule has 0 fully saturated rings. The third-order valence-electron chi connectivity index (χ3n) is 8.01. The second-order valence-electron chi connectivity index (χ2n) is 11.2. The molecule has 2 aromatic heterocycles. The molecule has 1 aliphatic rings. The molecule has 0 radical (unpaired) electrons. The molecule has 0 spiro atoms. The Morgan fingerprint density at radius 2 is 1.71 bits per heavy atom. The van der Waals surface area contributed by atoms with E-state index in [2.05, 4.69) is 11.8 Å². The summed E-state index contributed by atoms with van der Waals surface area (Å²) in [6.07, 6.45) is 1.86. The molecular weight excluding hydrogens is 534 g/mol. The largest absolute Gasteiger partial charge is 0.314 e. The summed E-state index contributed by atoms with van der Waals surface area (Å²) in [6, 6.07) is 15.6. The van der Waals surface area contributed by atoms with Gasteiger partial charge in [0.25, 0.3) is 5.56 Å². The molecule has 4 aromatic rings. The Kier molecular flexibility index (Phi) is 7.85. The average Bonchev–Trinajstić information content (AvgIpc) is 3.26. The molecule has 0 bridgehead atoms. The molecule has 0 saturated carbocycles. The van der Waals surface area contributed by atoms with Crippen molar-refractivity contribution in [2.45, 2.75) is 54.3 Å². The number of rotatable bonds is 8. The van der Waals surface area contributed by atoms with Crippen molar-refractivity contribution < 1.29 is 9.59 Å². The fourth-order valence-corrected chi connectivity index (χ4v) is 6.45. The molecule has 0 N–H and O–H groups in total. The summed E-state index contributed by atoms with van der Waals surface area (Å²) in [5.41, 5.74) is 2.36. The molecule has 8 nitrogen and oxygen atoms in total. The van der Waals surface area contributed by atoms with Crippen LogP contribution in [0.15, 0.2) is 59.5 Å². The summed E-state index contributed by atoms with van der Waals surface area (Å²) in [5, 5.41) is 2.67. The Morgan fingerprint density at radius 3 is 2.41 bits per heavy atom. The molecule has 3 heterocycles. The molecule has 5 rings (SSSR count). The number of thiazole rings is 1. The molecule has 0 aliphatic carbocycles. The van der Waals surface area contributed by atoms with Gasteiger partial charge in [0.05, 0.1) is 23.6 Å². The van der Waals surface area contributed by atoms with E-state index >= 15 is 0 Å². The van der Waals surface area contributed by atoms with Crippen molar-refractivity contribution in [2.24, 2.45) is 5.41 Å². The lowest BCUT2D eigenvalue weighted by Crippen LogP contribution is -2.47. The van der Waals surface area contributed by atoms with E-state index in [0.29, 0.717) is 38.1 Å². The normalized spacial score (nSPS) is 15.1. The number of aromatic nitrogens is 2. The SMILES string of the molecule is CCN1C(=O)C(C)(C)C(=O)N(C)c2cc(CN(CCn3ccc4ccccc4c3=O)Cc3nc(C)c(C)s3)ccc21. The van der Waals surface area contributed by atoms with E-state index < -0.39 is 5.41 Å². The van der Waals surface area contributed by atoms with Crippen LogP contribution in [0.4, 0.5) is 11.4 Å². The number of fused-ring (bicyclic) bond motifs is 2. The molecule has 1 aliphatic heterocycles. The van der Waals surface area contributed by atoms with Crippen LogP contribution in [-0.2, 0) is 29.2 Å². The highest BCUT2D eigenvalue weighted by Gasteiger charge is 2.45. The quantitative estimate of drug-likeness (QED) is 0.274. The zero-order valence-corrected chi connectivity index (χ0v) is 25.4. The van der Waals surface area contributed by atoms with Gasteiger partial charge in [-0.2, -0.15) is 0 Å². The Bertz CT molecular complexity index is 1670. The average molecular weight is 572 g/mol. The minimum atomic E-state index is -1.15. The Morgan fingerprint density at radius 1 is 0.951 bits per heavy atom. The van der Waals surface area contributed by atoms with Crippen LogP contribution < -0.4 is 15.4 Å². The molecule has 0 saturated heterocycles. The first kappa shape index (κ1) is 28.7. The van der Waals surface area contributed by atoms with E-state index in [1.54, 1.807) is 46.6 Å². The van der Waals surface area contributed by atoms with Gasteiger partial charge in [0.2, 0.25) is 11.8 Å². The van der Waals surface area contributed by atoms with Gasteiger partial charge in [-0.3, -0.25) is 19.3 Å². The number of aryl methyl sites for hydroxylation is 2. The second kappa shape index (κ2) is 11.2. The third-order valence-corrected chi connectivity index (χ3v) is 9.07. The number of benzene rings is 2. The van der Waals surface area contributed by atoms with E-state index in [1.807, 2.05) is 68.6 Å². The van der Waals surface area contributed by atoms with Crippen molar-refractivity contribution in [2.75, 3.05) is 29.9 Å². The molecule has 9 heteroatoms. The number of hydrogen-bond acceptors (Lipinski definition) is 6. The summed E-state index contributed by atoms with van der Waals surface area (Å²) in [7, 11) is 1.74. The fourth-order valence-electron chi connectivity index (χ4n) is 5.47.